The zero-order valence-electron chi connectivity index (χ0n) is 12.2. The van der Waals surface area contributed by atoms with Crippen LogP contribution in [0.5, 0.6) is 0 Å². The lowest BCUT2D eigenvalue weighted by atomic mass is 10.0. The lowest BCUT2D eigenvalue weighted by Crippen LogP contribution is -2.40. The number of aliphatic hydroxyl groups is 1. The molecule has 1 atom stereocenters. The van der Waals surface area contributed by atoms with Crippen LogP contribution in [-0.4, -0.2) is 28.6 Å². The van der Waals surface area contributed by atoms with Gasteiger partial charge in [-0.3, -0.25) is 4.79 Å². The topological polar surface area (TPSA) is 62.2 Å². The predicted molar refractivity (Wildman–Crippen MR) is 87.6 cm³/mol. The number of amides is 1. The average Bonchev–Trinajstić information content (AvgIpc) is 3.08. The highest BCUT2D eigenvalue weighted by atomic mass is 32.1. The molecule has 1 amide bonds. The first-order valence-corrected chi connectivity index (χ1v) is 8.79. The fourth-order valence-corrected chi connectivity index (χ4v) is 3.57. The first kappa shape index (κ1) is 16.1. The molecule has 2 heterocycles. The maximum Gasteiger partial charge on any atom is 0.226 e. The molecule has 0 saturated heterocycles. The number of thiophene rings is 1. The van der Waals surface area contributed by atoms with Crippen LogP contribution < -0.4 is 5.32 Å². The summed E-state index contributed by atoms with van der Waals surface area (Å²) in [5.41, 5.74) is 1.90. The van der Waals surface area contributed by atoms with Crippen molar-refractivity contribution in [3.05, 3.63) is 27.9 Å². The van der Waals surface area contributed by atoms with Crippen LogP contribution in [0.4, 0.5) is 0 Å². The van der Waals surface area contributed by atoms with E-state index < -0.39 is 0 Å². The lowest BCUT2D eigenvalue weighted by molar-refractivity contribution is -0.121. The summed E-state index contributed by atoms with van der Waals surface area (Å²) >= 11 is 3.20. The number of carbonyl (C=O) groups is 1. The Morgan fingerprint density at radius 2 is 2.24 bits per heavy atom. The summed E-state index contributed by atoms with van der Waals surface area (Å²) in [6, 6.07) is 2.04. The van der Waals surface area contributed by atoms with Gasteiger partial charge in [-0.05, 0) is 23.8 Å². The van der Waals surface area contributed by atoms with Gasteiger partial charge < -0.3 is 10.4 Å². The van der Waals surface area contributed by atoms with Crippen molar-refractivity contribution in [2.45, 2.75) is 32.7 Å². The second-order valence-electron chi connectivity index (χ2n) is 5.26. The maximum absolute atomic E-state index is 12.1. The molecule has 2 aromatic rings. The van der Waals surface area contributed by atoms with Gasteiger partial charge in [-0.25, -0.2) is 4.98 Å². The number of nitrogens with one attached hydrogen (secondary N) is 1. The summed E-state index contributed by atoms with van der Waals surface area (Å²) in [4.78, 5) is 16.6. The fourth-order valence-electron chi connectivity index (χ4n) is 2.04. The second kappa shape index (κ2) is 7.68. The van der Waals surface area contributed by atoms with E-state index in [0.29, 0.717) is 12.3 Å². The van der Waals surface area contributed by atoms with E-state index in [1.807, 2.05) is 30.7 Å². The quantitative estimate of drug-likeness (QED) is 0.823. The molecule has 0 aromatic carbocycles. The van der Waals surface area contributed by atoms with Gasteiger partial charge in [0.2, 0.25) is 5.91 Å². The normalized spacial score (nSPS) is 12.6. The lowest BCUT2D eigenvalue weighted by Gasteiger charge is -2.21. The third kappa shape index (κ3) is 4.62. The highest BCUT2D eigenvalue weighted by Gasteiger charge is 2.16. The average molecular weight is 324 g/mol. The van der Waals surface area contributed by atoms with Gasteiger partial charge in [0.1, 0.15) is 5.01 Å². The summed E-state index contributed by atoms with van der Waals surface area (Å²) in [6.45, 7) is 4.17. The Bertz CT molecular complexity index is 564. The molecule has 0 spiro atoms. The van der Waals surface area contributed by atoms with Crippen LogP contribution in [0.1, 0.15) is 26.0 Å². The Kier molecular flexibility index (Phi) is 5.90. The highest BCUT2D eigenvalue weighted by molar-refractivity contribution is 7.14. The Hall–Kier alpha value is -1.24. The predicted octanol–water partition coefficient (Wildman–Crippen LogP) is 2.94. The Morgan fingerprint density at radius 3 is 2.86 bits per heavy atom. The van der Waals surface area contributed by atoms with Crippen molar-refractivity contribution < 1.29 is 9.90 Å². The van der Waals surface area contributed by atoms with Gasteiger partial charge >= 0.3 is 0 Å². The van der Waals surface area contributed by atoms with Crippen molar-refractivity contribution in [2.24, 2.45) is 5.92 Å². The molecule has 2 N–H and O–H groups in total. The SMILES string of the molecule is CC(C)C(CCO)NC(=O)Cc1csc(-c2ccsc2)n1. The molecule has 2 aromatic heterocycles. The first-order valence-electron chi connectivity index (χ1n) is 6.97. The molecule has 0 aliphatic heterocycles. The number of nitrogens with zero attached hydrogens (tertiary/aromatic N) is 1. The van der Waals surface area contributed by atoms with Crippen LogP contribution in [0, 0.1) is 5.92 Å². The number of hydrogen-bond donors (Lipinski definition) is 2. The highest BCUT2D eigenvalue weighted by Crippen LogP contribution is 2.25. The summed E-state index contributed by atoms with van der Waals surface area (Å²) in [5.74, 6) is 0.266. The van der Waals surface area contributed by atoms with E-state index in [4.69, 9.17) is 5.11 Å². The first-order chi connectivity index (χ1) is 10.1. The molecule has 114 valence electrons. The Labute approximate surface area is 132 Å². The summed E-state index contributed by atoms with van der Waals surface area (Å²) in [6.07, 6.45) is 0.871. The number of thiazole rings is 1. The van der Waals surface area contributed by atoms with Crippen molar-refractivity contribution in [3.8, 4) is 10.6 Å². The van der Waals surface area contributed by atoms with Gasteiger partial charge in [-0.1, -0.05) is 13.8 Å². The van der Waals surface area contributed by atoms with Crippen LogP contribution in [-0.2, 0) is 11.2 Å². The maximum atomic E-state index is 12.1. The minimum Gasteiger partial charge on any atom is -0.396 e. The second-order valence-corrected chi connectivity index (χ2v) is 6.90. The molecule has 0 bridgehead atoms. The van der Waals surface area contributed by atoms with Crippen LogP contribution in [0.25, 0.3) is 10.6 Å². The fraction of sp³-hybridized carbons (Fsp3) is 0.467. The summed E-state index contributed by atoms with van der Waals surface area (Å²) in [5, 5.41) is 19.0. The molecule has 0 fully saturated rings. The number of rotatable bonds is 7. The molecule has 1 unspecified atom stereocenters. The minimum atomic E-state index is -0.0377. The van der Waals surface area contributed by atoms with Gasteiger partial charge in [0.15, 0.2) is 0 Å². The molecule has 0 aliphatic rings. The van der Waals surface area contributed by atoms with Crippen molar-refractivity contribution in [2.75, 3.05) is 6.61 Å². The number of aromatic nitrogens is 1. The largest absolute Gasteiger partial charge is 0.396 e. The third-order valence-corrected chi connectivity index (χ3v) is 4.88. The van der Waals surface area contributed by atoms with Crippen LogP contribution in [0.3, 0.4) is 0 Å². The van der Waals surface area contributed by atoms with E-state index in [1.165, 1.54) is 0 Å². The molecule has 2 rings (SSSR count). The van der Waals surface area contributed by atoms with Crippen molar-refractivity contribution in [1.29, 1.82) is 0 Å². The van der Waals surface area contributed by atoms with E-state index in [-0.39, 0.29) is 25.0 Å². The van der Waals surface area contributed by atoms with Crippen LogP contribution in [0.15, 0.2) is 22.2 Å². The van der Waals surface area contributed by atoms with Gasteiger partial charge in [0.05, 0.1) is 12.1 Å². The molecule has 0 radical (unpaired) electrons. The van der Waals surface area contributed by atoms with Crippen LogP contribution in [0.2, 0.25) is 0 Å². The van der Waals surface area contributed by atoms with Crippen LogP contribution >= 0.6 is 22.7 Å². The summed E-state index contributed by atoms with van der Waals surface area (Å²) in [7, 11) is 0. The van der Waals surface area contributed by atoms with E-state index in [0.717, 1.165) is 16.3 Å². The zero-order chi connectivity index (χ0) is 15.2. The molecule has 0 saturated carbocycles. The smallest absolute Gasteiger partial charge is 0.226 e. The standard InChI is InChI=1S/C15H20N2O2S2/c1-10(2)13(3-5-18)17-14(19)7-12-9-21-15(16-12)11-4-6-20-8-11/h4,6,8-10,13,18H,3,5,7H2,1-2H3,(H,17,19). The molecule has 21 heavy (non-hydrogen) atoms. The van der Waals surface area contributed by atoms with Gasteiger partial charge in [-0.15, -0.1) is 11.3 Å². The molecule has 4 nitrogen and oxygen atoms in total. The zero-order valence-corrected chi connectivity index (χ0v) is 13.8. The molecule has 0 aliphatic carbocycles. The third-order valence-electron chi connectivity index (χ3n) is 3.25. The van der Waals surface area contributed by atoms with Crippen molar-refractivity contribution in [1.82, 2.24) is 10.3 Å². The Morgan fingerprint density at radius 1 is 1.43 bits per heavy atom. The van der Waals surface area contributed by atoms with E-state index >= 15 is 0 Å². The van der Waals surface area contributed by atoms with Crippen molar-refractivity contribution in [3.63, 3.8) is 0 Å². The van der Waals surface area contributed by atoms with E-state index in [1.54, 1.807) is 22.7 Å². The minimum absolute atomic E-state index is 0.0116. The monoisotopic (exact) mass is 324 g/mol. The van der Waals surface area contributed by atoms with E-state index in [9.17, 15) is 4.79 Å². The number of aliphatic hydroxyl groups excluding tert-OH is 1. The van der Waals surface area contributed by atoms with Gasteiger partial charge in [-0.2, -0.15) is 11.3 Å². The van der Waals surface area contributed by atoms with E-state index in [2.05, 4.69) is 15.7 Å². The molecule has 6 heteroatoms. The van der Waals surface area contributed by atoms with Gasteiger partial charge in [0.25, 0.3) is 0 Å². The molecular weight excluding hydrogens is 304 g/mol. The molecular formula is C15H20N2O2S2. The number of hydrogen-bond acceptors (Lipinski definition) is 5. The summed E-state index contributed by atoms with van der Waals surface area (Å²) < 4.78 is 0. The van der Waals surface area contributed by atoms with Gasteiger partial charge in [0, 0.05) is 29.0 Å². The van der Waals surface area contributed by atoms with Crippen molar-refractivity contribution >= 4 is 28.6 Å². The Balaban J connectivity index is 1.93. The number of carbonyl (C=O) groups excluding carboxylic acids is 1.